The summed E-state index contributed by atoms with van der Waals surface area (Å²) in [5.41, 5.74) is 1.26. The Bertz CT molecular complexity index is 967. The molecule has 1 amide bonds. The molecule has 0 aliphatic rings. The van der Waals surface area contributed by atoms with Crippen LogP contribution in [0.1, 0.15) is 16.2 Å². The highest BCUT2D eigenvalue weighted by Gasteiger charge is 2.15. The summed E-state index contributed by atoms with van der Waals surface area (Å²) in [5.74, 6) is -0.473. The first-order valence-electron chi connectivity index (χ1n) is 7.18. The van der Waals surface area contributed by atoms with Crippen LogP contribution in [0.15, 0.2) is 30.3 Å². The van der Waals surface area contributed by atoms with Gasteiger partial charge in [0, 0.05) is 12.1 Å². The number of nitrogens with zero attached hydrogens (tertiary/aromatic N) is 2. The second kappa shape index (κ2) is 7.72. The molecule has 0 saturated carbocycles. The van der Waals surface area contributed by atoms with Gasteiger partial charge in [0.2, 0.25) is 5.82 Å². The molecule has 0 radical (unpaired) electrons. The maximum Gasteiger partial charge on any atom is 0.291 e. The van der Waals surface area contributed by atoms with Gasteiger partial charge in [0.25, 0.3) is 5.91 Å². The number of carbonyl (C=O) groups is 1. The zero-order valence-electron chi connectivity index (χ0n) is 12.9. The molecule has 0 unspecified atom stereocenters. The summed E-state index contributed by atoms with van der Waals surface area (Å²) in [6, 6.07) is 7.97. The number of aromatic hydroxyl groups is 1. The second-order valence-corrected chi connectivity index (χ2v) is 6.86. The smallest absolute Gasteiger partial charge is 0.291 e. The van der Waals surface area contributed by atoms with Gasteiger partial charge < -0.3 is 10.4 Å². The van der Waals surface area contributed by atoms with Gasteiger partial charge >= 0.3 is 0 Å². The van der Waals surface area contributed by atoms with Gasteiger partial charge in [0.1, 0.15) is 0 Å². The lowest BCUT2D eigenvalue weighted by Gasteiger charge is -2.04. The van der Waals surface area contributed by atoms with Crippen molar-refractivity contribution in [3.63, 3.8) is 0 Å². The third-order valence-corrected chi connectivity index (χ3v) is 4.73. The Kier molecular flexibility index (Phi) is 5.58. The third-order valence-electron chi connectivity index (χ3n) is 3.42. The van der Waals surface area contributed by atoms with Crippen molar-refractivity contribution in [2.45, 2.75) is 6.54 Å². The van der Waals surface area contributed by atoms with Gasteiger partial charge in [-0.25, -0.2) is 4.98 Å². The van der Waals surface area contributed by atoms with Crippen LogP contribution >= 0.6 is 46.4 Å². The molecule has 1 aromatic heterocycles. The van der Waals surface area contributed by atoms with Gasteiger partial charge in [0.05, 0.1) is 20.1 Å². The van der Waals surface area contributed by atoms with Crippen molar-refractivity contribution in [1.29, 1.82) is 0 Å². The average Bonchev–Trinajstić information content (AvgIpc) is 3.10. The number of hydrogen-bond donors (Lipinski definition) is 3. The van der Waals surface area contributed by atoms with Gasteiger partial charge in [0.15, 0.2) is 11.6 Å². The third kappa shape index (κ3) is 4.04. The van der Waals surface area contributed by atoms with Crippen LogP contribution in [-0.4, -0.2) is 26.2 Å². The Hall–Kier alpha value is -1.99. The first-order valence-corrected chi connectivity index (χ1v) is 8.69. The Labute approximate surface area is 168 Å². The van der Waals surface area contributed by atoms with Gasteiger partial charge in [-0.2, -0.15) is 0 Å². The normalized spacial score (nSPS) is 10.8. The van der Waals surface area contributed by atoms with E-state index in [1.165, 1.54) is 12.1 Å². The number of phenols is 1. The quantitative estimate of drug-likeness (QED) is 0.557. The number of aromatic amines is 1. The van der Waals surface area contributed by atoms with E-state index in [0.29, 0.717) is 15.6 Å². The average molecular weight is 432 g/mol. The SMILES string of the molecule is O=C(NCc1ccc(Cl)c(Cl)c1)c1n[nH]c(-c2cc(Cl)c(O)c(Cl)c2)n1. The molecule has 0 atom stereocenters. The molecule has 26 heavy (non-hydrogen) atoms. The van der Waals surface area contributed by atoms with Crippen molar-refractivity contribution in [1.82, 2.24) is 20.5 Å². The fourth-order valence-electron chi connectivity index (χ4n) is 2.11. The lowest BCUT2D eigenvalue weighted by atomic mass is 10.2. The molecule has 0 spiro atoms. The standard InChI is InChI=1S/C16H10Cl4N4O2/c17-9-2-1-7(3-10(9)18)6-21-16(26)15-22-14(23-24-15)8-4-11(19)13(25)12(20)5-8/h1-5,25H,6H2,(H,21,26)(H,22,23,24). The molecule has 3 rings (SSSR count). The van der Waals surface area contributed by atoms with E-state index < -0.39 is 5.91 Å². The van der Waals surface area contributed by atoms with Crippen LogP contribution in [0.25, 0.3) is 11.4 Å². The van der Waals surface area contributed by atoms with E-state index in [-0.39, 0.29) is 34.0 Å². The Morgan fingerprint density at radius 2 is 1.73 bits per heavy atom. The van der Waals surface area contributed by atoms with Crippen LogP contribution in [0.5, 0.6) is 5.75 Å². The van der Waals surface area contributed by atoms with Gasteiger partial charge in [-0.1, -0.05) is 52.5 Å². The summed E-state index contributed by atoms with van der Waals surface area (Å²) in [6.07, 6.45) is 0. The maximum absolute atomic E-state index is 12.2. The Morgan fingerprint density at radius 3 is 2.38 bits per heavy atom. The van der Waals surface area contributed by atoms with Crippen molar-refractivity contribution in [3.05, 3.63) is 61.8 Å². The minimum atomic E-state index is -0.477. The molecular formula is C16H10Cl4N4O2. The predicted molar refractivity (Wildman–Crippen MR) is 101 cm³/mol. The van der Waals surface area contributed by atoms with Crippen LogP contribution in [0.4, 0.5) is 0 Å². The summed E-state index contributed by atoms with van der Waals surface area (Å²) >= 11 is 23.6. The number of nitrogens with one attached hydrogen (secondary N) is 2. The largest absolute Gasteiger partial charge is 0.505 e. The number of amides is 1. The maximum atomic E-state index is 12.2. The van der Waals surface area contributed by atoms with Crippen LogP contribution in [0.3, 0.4) is 0 Å². The highest BCUT2D eigenvalue weighted by molar-refractivity contribution is 6.42. The molecule has 0 aliphatic heterocycles. The molecule has 10 heteroatoms. The van der Waals surface area contributed by atoms with Gasteiger partial charge in [-0.3, -0.25) is 9.89 Å². The second-order valence-electron chi connectivity index (χ2n) is 5.23. The minimum absolute atomic E-state index is 0.0552. The van der Waals surface area contributed by atoms with Crippen molar-refractivity contribution >= 4 is 52.3 Å². The molecular weight excluding hydrogens is 422 g/mol. The van der Waals surface area contributed by atoms with E-state index in [4.69, 9.17) is 46.4 Å². The molecule has 3 aromatic rings. The monoisotopic (exact) mass is 430 g/mol. The molecule has 6 nitrogen and oxygen atoms in total. The fourth-order valence-corrected chi connectivity index (χ4v) is 2.91. The molecule has 134 valence electrons. The summed E-state index contributed by atoms with van der Waals surface area (Å²) in [5, 5.41) is 19.7. The highest BCUT2D eigenvalue weighted by atomic mass is 35.5. The number of halogens is 4. The first kappa shape index (κ1) is 18.8. The Morgan fingerprint density at radius 1 is 1.04 bits per heavy atom. The van der Waals surface area contributed by atoms with E-state index in [1.54, 1.807) is 18.2 Å². The van der Waals surface area contributed by atoms with Crippen LogP contribution in [0.2, 0.25) is 20.1 Å². The van der Waals surface area contributed by atoms with E-state index in [1.807, 2.05) is 0 Å². The summed E-state index contributed by atoms with van der Waals surface area (Å²) in [7, 11) is 0. The lowest BCUT2D eigenvalue weighted by Crippen LogP contribution is -2.24. The summed E-state index contributed by atoms with van der Waals surface area (Å²) in [6.45, 7) is 0.233. The van der Waals surface area contributed by atoms with Gasteiger partial charge in [-0.05, 0) is 29.8 Å². The number of benzene rings is 2. The highest BCUT2D eigenvalue weighted by Crippen LogP contribution is 2.35. The van der Waals surface area contributed by atoms with Crippen molar-refractivity contribution in [2.24, 2.45) is 0 Å². The number of H-pyrrole nitrogens is 1. The molecule has 0 aliphatic carbocycles. The van der Waals surface area contributed by atoms with E-state index in [2.05, 4.69) is 20.5 Å². The predicted octanol–water partition coefficient (Wildman–Crippen LogP) is 4.72. The zero-order chi connectivity index (χ0) is 18.8. The fraction of sp³-hybridized carbons (Fsp3) is 0.0625. The zero-order valence-corrected chi connectivity index (χ0v) is 15.9. The number of carbonyl (C=O) groups excluding carboxylic acids is 1. The number of hydrogen-bond acceptors (Lipinski definition) is 4. The van der Waals surface area contributed by atoms with E-state index in [9.17, 15) is 9.90 Å². The van der Waals surface area contributed by atoms with Gasteiger partial charge in [-0.15, -0.1) is 5.10 Å². The van der Waals surface area contributed by atoms with Crippen molar-refractivity contribution in [3.8, 4) is 17.1 Å². The molecule has 0 bridgehead atoms. The van der Waals surface area contributed by atoms with Crippen LogP contribution in [-0.2, 0) is 6.54 Å². The molecule has 2 aromatic carbocycles. The topological polar surface area (TPSA) is 90.9 Å². The number of rotatable bonds is 4. The molecule has 1 heterocycles. The van der Waals surface area contributed by atoms with E-state index >= 15 is 0 Å². The first-order chi connectivity index (χ1) is 12.3. The molecule has 3 N–H and O–H groups in total. The number of aromatic nitrogens is 3. The van der Waals surface area contributed by atoms with Crippen LogP contribution in [0, 0.1) is 0 Å². The van der Waals surface area contributed by atoms with Crippen molar-refractivity contribution in [2.75, 3.05) is 0 Å². The summed E-state index contributed by atoms with van der Waals surface area (Å²) < 4.78 is 0. The van der Waals surface area contributed by atoms with Crippen molar-refractivity contribution < 1.29 is 9.90 Å². The molecule has 0 saturated heterocycles. The van der Waals surface area contributed by atoms with E-state index in [0.717, 1.165) is 5.56 Å². The molecule has 0 fully saturated rings. The summed E-state index contributed by atoms with van der Waals surface area (Å²) in [4.78, 5) is 16.3. The lowest BCUT2D eigenvalue weighted by molar-refractivity contribution is 0.0941. The number of phenolic OH excluding ortho intramolecular Hbond substituents is 1. The van der Waals surface area contributed by atoms with Crippen LogP contribution < -0.4 is 5.32 Å². The Balaban J connectivity index is 1.73. The minimum Gasteiger partial charge on any atom is -0.505 e.